The first kappa shape index (κ1) is 21.8. The number of benzene rings is 1. The lowest BCUT2D eigenvalue weighted by Gasteiger charge is -2.30. The second-order valence-electron chi connectivity index (χ2n) is 8.68. The third kappa shape index (κ3) is 4.17. The van der Waals surface area contributed by atoms with E-state index in [1.165, 1.54) is 24.6 Å². The van der Waals surface area contributed by atoms with Crippen LogP contribution >= 0.6 is 11.8 Å². The van der Waals surface area contributed by atoms with Gasteiger partial charge in [-0.05, 0) is 72.7 Å². The fourth-order valence-electron chi connectivity index (χ4n) is 4.93. The van der Waals surface area contributed by atoms with Crippen LogP contribution < -0.4 is 4.90 Å². The lowest BCUT2D eigenvalue weighted by atomic mass is 10.0. The summed E-state index contributed by atoms with van der Waals surface area (Å²) in [7, 11) is -3.46. The number of aromatic nitrogens is 4. The van der Waals surface area contributed by atoms with Crippen LogP contribution in [-0.2, 0) is 21.2 Å². The van der Waals surface area contributed by atoms with E-state index in [1.54, 1.807) is 27.4 Å². The highest BCUT2D eigenvalue weighted by molar-refractivity contribution is 7.99. The number of aryl methyl sites for hydroxylation is 1. The Morgan fingerprint density at radius 2 is 1.84 bits per heavy atom. The van der Waals surface area contributed by atoms with Gasteiger partial charge in [-0.25, -0.2) is 13.1 Å². The van der Waals surface area contributed by atoms with E-state index in [2.05, 4.69) is 15.5 Å². The minimum absolute atomic E-state index is 0.00734. The summed E-state index contributed by atoms with van der Waals surface area (Å²) in [5, 5.41) is 12.8. The van der Waals surface area contributed by atoms with Crippen molar-refractivity contribution in [2.45, 2.75) is 67.5 Å². The van der Waals surface area contributed by atoms with Crippen LogP contribution in [0.3, 0.4) is 0 Å². The molecule has 0 spiro atoms. The summed E-state index contributed by atoms with van der Waals surface area (Å²) in [6, 6.07) is 5.53. The molecule has 2 aliphatic heterocycles. The van der Waals surface area contributed by atoms with Gasteiger partial charge in [-0.3, -0.25) is 4.79 Å². The van der Waals surface area contributed by atoms with Gasteiger partial charge in [0.1, 0.15) is 0 Å². The average molecular weight is 477 g/mol. The molecule has 11 heteroatoms. The van der Waals surface area contributed by atoms with Gasteiger partial charge in [-0.15, -0.1) is 5.10 Å². The fourth-order valence-corrected chi connectivity index (χ4v) is 7.32. The molecule has 1 saturated carbocycles. The van der Waals surface area contributed by atoms with Crippen molar-refractivity contribution in [1.82, 2.24) is 24.5 Å². The van der Waals surface area contributed by atoms with E-state index in [9.17, 15) is 13.2 Å². The number of sulfonamides is 1. The second-order valence-corrected chi connectivity index (χ2v) is 11.6. The highest BCUT2D eigenvalue weighted by atomic mass is 32.2. The maximum absolute atomic E-state index is 13.1. The molecule has 9 nitrogen and oxygen atoms in total. The van der Waals surface area contributed by atoms with Crippen LogP contribution in [0.2, 0.25) is 0 Å². The Balaban J connectivity index is 1.30. The Hall–Kier alpha value is -1.98. The van der Waals surface area contributed by atoms with Crippen molar-refractivity contribution in [3.05, 3.63) is 23.8 Å². The number of anilines is 1. The van der Waals surface area contributed by atoms with Gasteiger partial charge in [0.2, 0.25) is 21.1 Å². The molecule has 0 N–H and O–H groups in total. The van der Waals surface area contributed by atoms with Crippen LogP contribution in [0.1, 0.15) is 56.6 Å². The van der Waals surface area contributed by atoms with Crippen molar-refractivity contribution in [2.75, 3.05) is 30.3 Å². The molecule has 0 radical (unpaired) electrons. The number of fused-ring (bicyclic) bond motifs is 1. The number of rotatable bonds is 6. The SMILES string of the molecule is O=C(CSc1nnnn1C1CCCC1)N1CCCc2cc(S(=O)(=O)N3CCCC3)ccc21. The lowest BCUT2D eigenvalue weighted by Crippen LogP contribution is -2.37. The molecule has 0 atom stereocenters. The van der Waals surface area contributed by atoms with Gasteiger partial charge in [0, 0.05) is 25.3 Å². The molecule has 0 bridgehead atoms. The Morgan fingerprint density at radius 1 is 1.06 bits per heavy atom. The molecule has 0 unspecified atom stereocenters. The van der Waals surface area contributed by atoms with Crippen molar-refractivity contribution in [1.29, 1.82) is 0 Å². The van der Waals surface area contributed by atoms with Crippen molar-refractivity contribution in [3.63, 3.8) is 0 Å². The molecular weight excluding hydrogens is 448 g/mol. The summed E-state index contributed by atoms with van der Waals surface area (Å²) in [6.07, 6.45) is 7.94. The van der Waals surface area contributed by atoms with Crippen LogP contribution in [0, 0.1) is 0 Å². The number of carbonyl (C=O) groups is 1. The first-order chi connectivity index (χ1) is 15.5. The molecule has 5 rings (SSSR count). The van der Waals surface area contributed by atoms with Crippen LogP contribution in [0.4, 0.5) is 5.69 Å². The summed E-state index contributed by atoms with van der Waals surface area (Å²) >= 11 is 1.37. The Morgan fingerprint density at radius 3 is 2.62 bits per heavy atom. The third-order valence-electron chi connectivity index (χ3n) is 6.63. The van der Waals surface area contributed by atoms with E-state index in [4.69, 9.17) is 0 Å². The zero-order valence-corrected chi connectivity index (χ0v) is 19.7. The van der Waals surface area contributed by atoms with E-state index >= 15 is 0 Å². The first-order valence-corrected chi connectivity index (χ1v) is 13.8. The quantitative estimate of drug-likeness (QED) is 0.591. The Bertz CT molecular complexity index is 1090. The van der Waals surface area contributed by atoms with Crippen molar-refractivity contribution >= 4 is 33.4 Å². The van der Waals surface area contributed by atoms with Gasteiger partial charge in [0.25, 0.3) is 0 Å². The summed E-state index contributed by atoms with van der Waals surface area (Å²) in [6.45, 7) is 1.81. The van der Waals surface area contributed by atoms with Gasteiger partial charge in [-0.2, -0.15) is 4.31 Å². The molecule has 3 aliphatic rings. The van der Waals surface area contributed by atoms with E-state index in [-0.39, 0.29) is 11.7 Å². The molecule has 3 heterocycles. The van der Waals surface area contributed by atoms with Crippen LogP contribution in [0.5, 0.6) is 0 Å². The largest absolute Gasteiger partial charge is 0.311 e. The molecule has 1 aromatic carbocycles. The molecule has 2 aromatic rings. The minimum atomic E-state index is -3.46. The van der Waals surface area contributed by atoms with Crippen molar-refractivity contribution in [3.8, 4) is 0 Å². The van der Waals surface area contributed by atoms with E-state index in [0.717, 1.165) is 49.8 Å². The third-order valence-corrected chi connectivity index (χ3v) is 9.44. The van der Waals surface area contributed by atoms with Gasteiger partial charge in [0.15, 0.2) is 0 Å². The molecule has 32 heavy (non-hydrogen) atoms. The number of tetrazole rings is 1. The standard InChI is InChI=1S/C21H28N6O3S2/c28-20(15-31-21-22-23-24-27(21)17-7-1-2-8-17)26-13-5-6-16-14-18(9-10-19(16)26)32(29,30)25-11-3-4-12-25/h9-10,14,17H,1-8,11-13,15H2. The molecule has 1 aromatic heterocycles. The maximum atomic E-state index is 13.1. The average Bonchev–Trinajstić information content (AvgIpc) is 3.58. The van der Waals surface area contributed by atoms with Crippen LogP contribution in [0.15, 0.2) is 28.3 Å². The number of hydrogen-bond donors (Lipinski definition) is 0. The van der Waals surface area contributed by atoms with Crippen LogP contribution in [0.25, 0.3) is 0 Å². The summed E-state index contributed by atoms with van der Waals surface area (Å²) in [5.41, 5.74) is 1.74. The monoisotopic (exact) mass is 476 g/mol. The van der Waals surface area contributed by atoms with Gasteiger partial charge >= 0.3 is 0 Å². The zero-order chi connectivity index (χ0) is 22.1. The van der Waals surface area contributed by atoms with Crippen LogP contribution in [-0.4, -0.2) is 64.2 Å². The maximum Gasteiger partial charge on any atom is 0.243 e. The van der Waals surface area contributed by atoms with Gasteiger partial charge < -0.3 is 4.90 Å². The summed E-state index contributed by atoms with van der Waals surface area (Å²) < 4.78 is 29.3. The molecule has 1 saturated heterocycles. The second kappa shape index (κ2) is 9.11. The summed E-state index contributed by atoms with van der Waals surface area (Å²) in [5.74, 6) is 0.243. The molecule has 172 valence electrons. The lowest BCUT2D eigenvalue weighted by molar-refractivity contribution is -0.116. The first-order valence-electron chi connectivity index (χ1n) is 11.4. The number of nitrogens with zero attached hydrogens (tertiary/aromatic N) is 6. The predicted octanol–water partition coefficient (Wildman–Crippen LogP) is 2.64. The number of thioether (sulfide) groups is 1. The minimum Gasteiger partial charge on any atom is -0.311 e. The molecule has 1 amide bonds. The predicted molar refractivity (Wildman–Crippen MR) is 121 cm³/mol. The number of amides is 1. The van der Waals surface area contributed by atoms with E-state index in [1.807, 2.05) is 4.68 Å². The Labute approximate surface area is 192 Å². The van der Waals surface area contributed by atoms with E-state index in [0.29, 0.717) is 35.7 Å². The normalized spacial score (nSPS) is 20.1. The molecule has 1 aliphatic carbocycles. The zero-order valence-electron chi connectivity index (χ0n) is 18.0. The molecule has 2 fully saturated rings. The summed E-state index contributed by atoms with van der Waals surface area (Å²) in [4.78, 5) is 15.2. The van der Waals surface area contributed by atoms with Crippen molar-refractivity contribution in [2.24, 2.45) is 0 Å². The Kier molecular flexibility index (Phi) is 6.22. The topological polar surface area (TPSA) is 101 Å². The highest BCUT2D eigenvalue weighted by Gasteiger charge is 2.30. The fraction of sp³-hybridized carbons (Fsp3) is 0.619. The van der Waals surface area contributed by atoms with Crippen molar-refractivity contribution < 1.29 is 13.2 Å². The van der Waals surface area contributed by atoms with Gasteiger partial charge in [-0.1, -0.05) is 24.6 Å². The number of hydrogen-bond acceptors (Lipinski definition) is 7. The smallest absolute Gasteiger partial charge is 0.243 e. The highest BCUT2D eigenvalue weighted by Crippen LogP contribution is 2.33. The molecular formula is C21H28N6O3S2. The number of carbonyl (C=O) groups excluding carboxylic acids is 1. The van der Waals surface area contributed by atoms with Gasteiger partial charge in [0.05, 0.1) is 16.7 Å². The van der Waals surface area contributed by atoms with E-state index < -0.39 is 10.0 Å².